The van der Waals surface area contributed by atoms with Crippen molar-refractivity contribution in [2.45, 2.75) is 19.4 Å². The monoisotopic (exact) mass is 311 g/mol. The van der Waals surface area contributed by atoms with Gasteiger partial charge in [0.2, 0.25) is 0 Å². The molecule has 1 aromatic carbocycles. The molecule has 90 valence electrons. The van der Waals surface area contributed by atoms with Gasteiger partial charge in [-0.05, 0) is 48.0 Å². The van der Waals surface area contributed by atoms with E-state index >= 15 is 0 Å². The topological polar surface area (TPSA) is 50.9 Å². The van der Waals surface area contributed by atoms with Crippen LogP contribution >= 0.6 is 27.3 Å². The van der Waals surface area contributed by atoms with Gasteiger partial charge in [0.25, 0.3) is 0 Å². The first-order valence-electron chi connectivity index (χ1n) is 5.22. The molecule has 0 unspecified atom stereocenters. The number of anilines is 2. The first-order chi connectivity index (χ1) is 7.99. The normalized spacial score (nSPS) is 11.5. The van der Waals surface area contributed by atoms with Crippen LogP contribution in [0, 0.1) is 0 Å². The molecule has 0 spiro atoms. The number of aromatic nitrogens is 1. The van der Waals surface area contributed by atoms with E-state index in [0.717, 1.165) is 20.9 Å². The molecule has 3 nitrogen and oxygen atoms in total. The third kappa shape index (κ3) is 2.79. The fourth-order valence-corrected chi connectivity index (χ4v) is 2.77. The summed E-state index contributed by atoms with van der Waals surface area (Å²) in [6.07, 6.45) is 1.82. The Kier molecular flexibility index (Phi) is 3.40. The zero-order chi connectivity index (χ0) is 12.5. The van der Waals surface area contributed by atoms with Crippen molar-refractivity contribution in [2.75, 3.05) is 11.1 Å². The largest absolute Gasteiger partial charge is 0.399 e. The van der Waals surface area contributed by atoms with Crippen LogP contribution in [0.3, 0.4) is 0 Å². The molecule has 0 fully saturated rings. The molecule has 0 aliphatic carbocycles. The van der Waals surface area contributed by atoms with Gasteiger partial charge >= 0.3 is 0 Å². The Balaban J connectivity index is 2.26. The fourth-order valence-electron chi connectivity index (χ4n) is 1.55. The molecule has 2 rings (SSSR count). The predicted octanol–water partition coefficient (Wildman–Crippen LogP) is 3.84. The van der Waals surface area contributed by atoms with Crippen LogP contribution in [-0.4, -0.2) is 4.98 Å². The molecule has 0 amide bonds. The average Bonchev–Trinajstić information content (AvgIpc) is 2.76. The number of nitrogens with one attached hydrogen (secondary N) is 1. The van der Waals surface area contributed by atoms with Gasteiger partial charge in [-0.3, -0.25) is 0 Å². The van der Waals surface area contributed by atoms with Crippen LogP contribution in [0.2, 0.25) is 0 Å². The van der Waals surface area contributed by atoms with E-state index in [-0.39, 0.29) is 5.54 Å². The van der Waals surface area contributed by atoms with Gasteiger partial charge in [-0.25, -0.2) is 4.98 Å². The molecule has 3 N–H and O–H groups in total. The van der Waals surface area contributed by atoms with Crippen molar-refractivity contribution in [3.63, 3.8) is 0 Å². The van der Waals surface area contributed by atoms with Crippen LogP contribution in [0.4, 0.5) is 11.4 Å². The van der Waals surface area contributed by atoms with Crippen LogP contribution < -0.4 is 11.1 Å². The number of hydrogen-bond donors (Lipinski definition) is 2. The Morgan fingerprint density at radius 2 is 2.18 bits per heavy atom. The van der Waals surface area contributed by atoms with Gasteiger partial charge in [0.05, 0.1) is 5.54 Å². The zero-order valence-corrected chi connectivity index (χ0v) is 12.1. The lowest BCUT2D eigenvalue weighted by Gasteiger charge is -2.26. The third-order valence-corrected chi connectivity index (χ3v) is 4.16. The molecule has 1 heterocycles. The SMILES string of the molecule is CC(C)(Nc1ccc(N)cc1Br)c1nccs1. The summed E-state index contributed by atoms with van der Waals surface area (Å²) < 4.78 is 0.960. The van der Waals surface area contributed by atoms with Gasteiger partial charge in [0, 0.05) is 27.4 Å². The molecular formula is C12H14BrN3S. The first-order valence-corrected chi connectivity index (χ1v) is 6.89. The number of nitrogens with zero attached hydrogens (tertiary/aromatic N) is 1. The lowest BCUT2D eigenvalue weighted by molar-refractivity contribution is 0.604. The summed E-state index contributed by atoms with van der Waals surface area (Å²) in [5, 5.41) is 6.50. The van der Waals surface area contributed by atoms with Crippen molar-refractivity contribution in [2.24, 2.45) is 0 Å². The van der Waals surface area contributed by atoms with Gasteiger partial charge in [-0.1, -0.05) is 0 Å². The lowest BCUT2D eigenvalue weighted by Crippen LogP contribution is -2.27. The van der Waals surface area contributed by atoms with E-state index in [1.54, 1.807) is 11.3 Å². The minimum absolute atomic E-state index is 0.202. The van der Waals surface area contributed by atoms with Crippen LogP contribution in [0.25, 0.3) is 0 Å². The molecule has 0 radical (unpaired) electrons. The van der Waals surface area contributed by atoms with Crippen molar-refractivity contribution >= 4 is 38.6 Å². The molecular weight excluding hydrogens is 298 g/mol. The number of benzene rings is 1. The van der Waals surface area contributed by atoms with E-state index < -0.39 is 0 Å². The summed E-state index contributed by atoms with van der Waals surface area (Å²) in [7, 11) is 0. The second-order valence-corrected chi connectivity index (χ2v) is 6.08. The van der Waals surface area contributed by atoms with Gasteiger partial charge in [-0.2, -0.15) is 0 Å². The van der Waals surface area contributed by atoms with Crippen LogP contribution in [-0.2, 0) is 5.54 Å². The number of rotatable bonds is 3. The van der Waals surface area contributed by atoms with Crippen LogP contribution in [0.5, 0.6) is 0 Å². The predicted molar refractivity (Wildman–Crippen MR) is 77.3 cm³/mol. The summed E-state index contributed by atoms with van der Waals surface area (Å²) >= 11 is 5.15. The fraction of sp³-hybridized carbons (Fsp3) is 0.250. The van der Waals surface area contributed by atoms with Crippen molar-refractivity contribution in [1.29, 1.82) is 0 Å². The minimum Gasteiger partial charge on any atom is -0.399 e. The molecule has 0 saturated heterocycles. The third-order valence-electron chi connectivity index (χ3n) is 2.41. The highest BCUT2D eigenvalue weighted by molar-refractivity contribution is 9.10. The van der Waals surface area contributed by atoms with E-state index in [0.29, 0.717) is 0 Å². The van der Waals surface area contributed by atoms with Crippen molar-refractivity contribution in [1.82, 2.24) is 4.98 Å². The van der Waals surface area contributed by atoms with E-state index in [1.807, 2.05) is 29.8 Å². The Morgan fingerprint density at radius 3 is 2.76 bits per heavy atom. The Bertz CT molecular complexity index is 508. The summed E-state index contributed by atoms with van der Waals surface area (Å²) in [6, 6.07) is 5.74. The van der Waals surface area contributed by atoms with E-state index in [9.17, 15) is 0 Å². The number of hydrogen-bond acceptors (Lipinski definition) is 4. The maximum Gasteiger partial charge on any atom is 0.117 e. The van der Waals surface area contributed by atoms with Crippen molar-refractivity contribution < 1.29 is 0 Å². The molecule has 0 atom stereocenters. The number of halogens is 1. The Labute approximate surface area is 113 Å². The molecule has 2 aromatic rings. The minimum atomic E-state index is -0.202. The second-order valence-electron chi connectivity index (χ2n) is 4.33. The summed E-state index contributed by atoms with van der Waals surface area (Å²) in [5.41, 5.74) is 7.27. The number of thiazole rings is 1. The van der Waals surface area contributed by atoms with Crippen LogP contribution in [0.1, 0.15) is 18.9 Å². The highest BCUT2D eigenvalue weighted by Crippen LogP contribution is 2.32. The molecule has 0 bridgehead atoms. The van der Waals surface area contributed by atoms with E-state index in [2.05, 4.69) is 40.1 Å². The van der Waals surface area contributed by atoms with Crippen molar-refractivity contribution in [3.05, 3.63) is 39.3 Å². The smallest absolute Gasteiger partial charge is 0.117 e. The summed E-state index contributed by atoms with van der Waals surface area (Å²) in [4.78, 5) is 4.35. The average molecular weight is 312 g/mol. The maximum atomic E-state index is 5.72. The summed E-state index contributed by atoms with van der Waals surface area (Å²) in [6.45, 7) is 4.21. The maximum absolute atomic E-state index is 5.72. The van der Waals surface area contributed by atoms with E-state index in [4.69, 9.17) is 5.73 Å². The molecule has 1 aromatic heterocycles. The number of nitrogens with two attached hydrogens (primary N) is 1. The van der Waals surface area contributed by atoms with Crippen molar-refractivity contribution in [3.8, 4) is 0 Å². The van der Waals surface area contributed by atoms with Gasteiger partial charge in [-0.15, -0.1) is 11.3 Å². The van der Waals surface area contributed by atoms with Gasteiger partial charge in [0.1, 0.15) is 5.01 Å². The first kappa shape index (κ1) is 12.4. The molecule has 0 aliphatic heterocycles. The van der Waals surface area contributed by atoms with Crippen LogP contribution in [0.15, 0.2) is 34.2 Å². The number of nitrogen functional groups attached to an aromatic ring is 1. The summed E-state index contributed by atoms with van der Waals surface area (Å²) in [5.74, 6) is 0. The highest BCUT2D eigenvalue weighted by Gasteiger charge is 2.23. The quantitative estimate of drug-likeness (QED) is 0.847. The standard InChI is InChI=1S/C12H14BrN3S/c1-12(2,11-15-5-6-17-11)16-10-4-3-8(14)7-9(10)13/h3-7,16H,14H2,1-2H3. The van der Waals surface area contributed by atoms with E-state index in [1.165, 1.54) is 0 Å². The van der Waals surface area contributed by atoms with Gasteiger partial charge < -0.3 is 11.1 Å². The molecule has 17 heavy (non-hydrogen) atoms. The Morgan fingerprint density at radius 1 is 1.41 bits per heavy atom. The molecule has 0 aliphatic rings. The Hall–Kier alpha value is -1.07. The highest BCUT2D eigenvalue weighted by atomic mass is 79.9. The van der Waals surface area contributed by atoms with Gasteiger partial charge in [0.15, 0.2) is 0 Å². The second kappa shape index (κ2) is 4.66. The molecule has 0 saturated carbocycles. The zero-order valence-electron chi connectivity index (χ0n) is 9.70. The molecule has 5 heteroatoms. The lowest BCUT2D eigenvalue weighted by atomic mass is 10.1.